The number of hydrogen-bond acceptors (Lipinski definition) is 0. The molecule has 0 rings (SSSR count). The molecule has 0 saturated heterocycles. The highest BCUT2D eigenvalue weighted by molar-refractivity contribution is 6.18. The second kappa shape index (κ2) is 4.16. The molecule has 0 heterocycles. The lowest BCUT2D eigenvalue weighted by Gasteiger charge is -2.24. The van der Waals surface area contributed by atoms with Crippen LogP contribution >= 0.6 is 11.6 Å². The predicted octanol–water partition coefficient (Wildman–Crippen LogP) is 3.44. The van der Waals surface area contributed by atoms with E-state index in [1.165, 1.54) is 19.3 Å². The Balaban J connectivity index is 3.62. The minimum absolute atomic E-state index is 0.399. The summed E-state index contributed by atoms with van der Waals surface area (Å²) in [5.74, 6) is 0.803. The van der Waals surface area contributed by atoms with Crippen LogP contribution < -0.4 is 0 Å². The molecule has 0 aliphatic heterocycles. The van der Waals surface area contributed by atoms with Crippen molar-refractivity contribution in [3.05, 3.63) is 0 Å². The summed E-state index contributed by atoms with van der Waals surface area (Å²) in [6.45, 7) is 6.67. The maximum Gasteiger partial charge on any atom is 0.0277 e. The van der Waals surface area contributed by atoms with E-state index in [1.807, 2.05) is 0 Å². The van der Waals surface area contributed by atoms with Crippen LogP contribution in [-0.2, 0) is 0 Å². The van der Waals surface area contributed by atoms with Crippen molar-refractivity contribution >= 4 is 11.6 Å². The smallest absolute Gasteiger partial charge is 0.0277 e. The van der Waals surface area contributed by atoms with Gasteiger partial charge in [0.05, 0.1) is 0 Å². The molecule has 56 valence electrons. The second-order valence-electron chi connectivity index (χ2n) is 3.05. The fourth-order valence-electron chi connectivity index (χ4n) is 0.942. The van der Waals surface area contributed by atoms with E-state index < -0.39 is 0 Å². The summed E-state index contributed by atoms with van der Waals surface area (Å²) in [5, 5.41) is 0. The zero-order valence-electron chi connectivity index (χ0n) is 6.71. The van der Waals surface area contributed by atoms with Gasteiger partial charge in [0.25, 0.3) is 0 Å². The lowest BCUT2D eigenvalue weighted by Crippen LogP contribution is -2.16. The van der Waals surface area contributed by atoms with Crippen LogP contribution in [0, 0.1) is 5.41 Å². The standard InChI is InChI=1S/C8H17Cl/c1-4-6-8(3,5-2)7-9/h4-7H2,1-3H3/t8-/m0/s1. The van der Waals surface area contributed by atoms with Gasteiger partial charge in [-0.25, -0.2) is 0 Å². The van der Waals surface area contributed by atoms with E-state index in [1.54, 1.807) is 0 Å². The number of halogens is 1. The van der Waals surface area contributed by atoms with Gasteiger partial charge >= 0.3 is 0 Å². The largest absolute Gasteiger partial charge is 0.126 e. The van der Waals surface area contributed by atoms with Gasteiger partial charge in [-0.1, -0.05) is 27.2 Å². The molecule has 0 aromatic carbocycles. The molecule has 0 aliphatic carbocycles. The molecule has 0 nitrogen and oxygen atoms in total. The second-order valence-corrected chi connectivity index (χ2v) is 3.32. The van der Waals surface area contributed by atoms with E-state index in [2.05, 4.69) is 20.8 Å². The summed E-state index contributed by atoms with van der Waals surface area (Å²) in [7, 11) is 0. The molecule has 0 aromatic rings. The molecule has 0 spiro atoms. The highest BCUT2D eigenvalue weighted by Crippen LogP contribution is 2.28. The lowest BCUT2D eigenvalue weighted by atomic mass is 9.85. The van der Waals surface area contributed by atoms with E-state index >= 15 is 0 Å². The van der Waals surface area contributed by atoms with Gasteiger partial charge < -0.3 is 0 Å². The monoisotopic (exact) mass is 148 g/mol. The number of rotatable bonds is 4. The summed E-state index contributed by atoms with van der Waals surface area (Å²) in [4.78, 5) is 0. The molecule has 0 saturated carbocycles. The van der Waals surface area contributed by atoms with E-state index in [-0.39, 0.29) is 0 Å². The summed E-state index contributed by atoms with van der Waals surface area (Å²) in [5.41, 5.74) is 0.399. The Morgan fingerprint density at radius 1 is 1.33 bits per heavy atom. The van der Waals surface area contributed by atoms with Crippen LogP contribution in [-0.4, -0.2) is 5.88 Å². The van der Waals surface area contributed by atoms with Gasteiger partial charge in [-0.3, -0.25) is 0 Å². The molecule has 1 atom stereocenters. The van der Waals surface area contributed by atoms with Crippen molar-refractivity contribution in [1.29, 1.82) is 0 Å². The fourth-order valence-corrected chi connectivity index (χ4v) is 1.26. The van der Waals surface area contributed by atoms with Crippen molar-refractivity contribution in [1.82, 2.24) is 0 Å². The maximum atomic E-state index is 5.79. The molecular formula is C8H17Cl. The van der Waals surface area contributed by atoms with E-state index in [0.717, 1.165) is 5.88 Å². The Kier molecular flexibility index (Phi) is 4.29. The van der Waals surface area contributed by atoms with Crippen LogP contribution in [0.5, 0.6) is 0 Å². The third kappa shape index (κ3) is 3.10. The molecule has 9 heavy (non-hydrogen) atoms. The van der Waals surface area contributed by atoms with E-state index in [0.29, 0.717) is 5.41 Å². The van der Waals surface area contributed by atoms with Crippen molar-refractivity contribution in [2.24, 2.45) is 5.41 Å². The minimum Gasteiger partial charge on any atom is -0.126 e. The first-order valence-electron chi connectivity index (χ1n) is 3.74. The predicted molar refractivity (Wildman–Crippen MR) is 44.0 cm³/mol. The zero-order chi connectivity index (χ0) is 7.33. The third-order valence-electron chi connectivity index (χ3n) is 2.03. The van der Waals surface area contributed by atoms with Crippen molar-refractivity contribution < 1.29 is 0 Å². The maximum absolute atomic E-state index is 5.79. The third-order valence-corrected chi connectivity index (χ3v) is 2.67. The normalized spacial score (nSPS) is 17.3. The topological polar surface area (TPSA) is 0 Å². The van der Waals surface area contributed by atoms with Gasteiger partial charge in [0.15, 0.2) is 0 Å². The first-order valence-corrected chi connectivity index (χ1v) is 4.28. The molecule has 0 fully saturated rings. The molecule has 1 heteroatoms. The molecular weight excluding hydrogens is 132 g/mol. The highest BCUT2D eigenvalue weighted by atomic mass is 35.5. The van der Waals surface area contributed by atoms with Gasteiger partial charge in [0.1, 0.15) is 0 Å². The van der Waals surface area contributed by atoms with Crippen molar-refractivity contribution in [3.8, 4) is 0 Å². The molecule has 0 bridgehead atoms. The Morgan fingerprint density at radius 3 is 2.00 bits per heavy atom. The van der Waals surface area contributed by atoms with Crippen molar-refractivity contribution in [3.63, 3.8) is 0 Å². The summed E-state index contributed by atoms with van der Waals surface area (Å²) in [6.07, 6.45) is 3.70. The van der Waals surface area contributed by atoms with Gasteiger partial charge in [-0.15, -0.1) is 11.6 Å². The summed E-state index contributed by atoms with van der Waals surface area (Å²) >= 11 is 5.79. The minimum atomic E-state index is 0.399. The van der Waals surface area contributed by atoms with Crippen molar-refractivity contribution in [2.45, 2.75) is 40.0 Å². The Hall–Kier alpha value is 0.290. The molecule has 0 amide bonds. The Labute approximate surface area is 63.6 Å². The number of alkyl halides is 1. The van der Waals surface area contributed by atoms with Gasteiger partial charge in [0, 0.05) is 5.88 Å². The quantitative estimate of drug-likeness (QED) is 0.536. The Morgan fingerprint density at radius 2 is 1.89 bits per heavy atom. The SMILES string of the molecule is CCC[C@](C)(CC)CCl. The van der Waals surface area contributed by atoms with Crippen LogP contribution in [0.15, 0.2) is 0 Å². The van der Waals surface area contributed by atoms with Gasteiger partial charge in [0.2, 0.25) is 0 Å². The zero-order valence-corrected chi connectivity index (χ0v) is 7.46. The highest BCUT2D eigenvalue weighted by Gasteiger charge is 2.18. The van der Waals surface area contributed by atoms with Crippen LogP contribution in [0.4, 0.5) is 0 Å². The lowest BCUT2D eigenvalue weighted by molar-refractivity contribution is 0.324. The fraction of sp³-hybridized carbons (Fsp3) is 1.00. The average molecular weight is 149 g/mol. The molecule has 0 unspecified atom stereocenters. The van der Waals surface area contributed by atoms with Crippen molar-refractivity contribution in [2.75, 3.05) is 5.88 Å². The van der Waals surface area contributed by atoms with Crippen LogP contribution in [0.3, 0.4) is 0 Å². The molecule has 0 aromatic heterocycles. The van der Waals surface area contributed by atoms with Crippen LogP contribution in [0.1, 0.15) is 40.0 Å². The van der Waals surface area contributed by atoms with Gasteiger partial charge in [-0.05, 0) is 18.3 Å². The summed E-state index contributed by atoms with van der Waals surface area (Å²) < 4.78 is 0. The molecule has 0 N–H and O–H groups in total. The average Bonchev–Trinajstić information content (AvgIpc) is 1.89. The van der Waals surface area contributed by atoms with E-state index in [4.69, 9.17) is 11.6 Å². The first kappa shape index (κ1) is 9.29. The van der Waals surface area contributed by atoms with Crippen LogP contribution in [0.2, 0.25) is 0 Å². The molecule has 0 radical (unpaired) electrons. The number of hydrogen-bond donors (Lipinski definition) is 0. The summed E-state index contributed by atoms with van der Waals surface area (Å²) in [6, 6.07) is 0. The first-order chi connectivity index (χ1) is 4.18. The van der Waals surface area contributed by atoms with E-state index in [9.17, 15) is 0 Å². The van der Waals surface area contributed by atoms with Gasteiger partial charge in [-0.2, -0.15) is 0 Å². The molecule has 0 aliphatic rings. The Bertz CT molecular complexity index is 65.0. The van der Waals surface area contributed by atoms with Crippen LogP contribution in [0.25, 0.3) is 0 Å².